The summed E-state index contributed by atoms with van der Waals surface area (Å²) in [5, 5.41) is 0. The summed E-state index contributed by atoms with van der Waals surface area (Å²) in [5.74, 6) is 0.807. The van der Waals surface area contributed by atoms with Crippen molar-refractivity contribution in [1.29, 1.82) is 0 Å². The van der Waals surface area contributed by atoms with Gasteiger partial charge in [0, 0.05) is 10.7 Å². The maximum absolute atomic E-state index is 11.9. The molecule has 0 atom stereocenters. The van der Waals surface area contributed by atoms with Crippen molar-refractivity contribution >= 4 is 31.9 Å². The Morgan fingerprint density at radius 2 is 1.89 bits per heavy atom. The van der Waals surface area contributed by atoms with Gasteiger partial charge in [0.25, 0.3) is 5.56 Å². The zero-order chi connectivity index (χ0) is 13.1. The summed E-state index contributed by atoms with van der Waals surface area (Å²) in [4.78, 5) is 11.9. The average Bonchev–Trinajstić information content (AvgIpc) is 2.36. The Bertz CT molecular complexity index is 605. The lowest BCUT2D eigenvalue weighted by Crippen LogP contribution is -2.20. The van der Waals surface area contributed by atoms with Gasteiger partial charge in [-0.2, -0.15) is 0 Å². The van der Waals surface area contributed by atoms with Gasteiger partial charge in [-0.15, -0.1) is 0 Å². The molecule has 18 heavy (non-hydrogen) atoms. The number of aromatic nitrogens is 1. The molecule has 1 aromatic heterocycles. The Hall–Kier alpha value is -1.07. The average molecular weight is 373 g/mol. The highest BCUT2D eigenvalue weighted by atomic mass is 79.9. The van der Waals surface area contributed by atoms with Gasteiger partial charge in [-0.3, -0.25) is 4.79 Å². The molecule has 94 valence electrons. The van der Waals surface area contributed by atoms with Crippen LogP contribution in [-0.4, -0.2) is 11.7 Å². The Morgan fingerprint density at radius 3 is 2.50 bits per heavy atom. The molecule has 0 radical (unpaired) electrons. The van der Waals surface area contributed by atoms with Gasteiger partial charge >= 0.3 is 0 Å². The van der Waals surface area contributed by atoms with Crippen LogP contribution in [0.1, 0.15) is 5.56 Å². The minimum Gasteiger partial charge on any atom is -0.497 e. The van der Waals surface area contributed by atoms with E-state index in [-0.39, 0.29) is 5.56 Å². The van der Waals surface area contributed by atoms with Crippen molar-refractivity contribution in [2.24, 2.45) is 0 Å². The van der Waals surface area contributed by atoms with Crippen LogP contribution in [0.15, 0.2) is 50.3 Å². The van der Waals surface area contributed by atoms with Crippen LogP contribution in [0.4, 0.5) is 0 Å². The first-order chi connectivity index (χ1) is 8.60. The zero-order valence-corrected chi connectivity index (χ0v) is 12.9. The fraction of sp³-hybridized carbons (Fsp3) is 0.154. The number of benzene rings is 1. The third-order valence-electron chi connectivity index (χ3n) is 2.52. The molecule has 0 amide bonds. The second-order valence-electron chi connectivity index (χ2n) is 3.79. The Labute approximate surface area is 122 Å². The monoisotopic (exact) mass is 371 g/mol. The molecular weight excluding hydrogens is 362 g/mol. The number of halogens is 2. The molecule has 0 aliphatic carbocycles. The lowest BCUT2D eigenvalue weighted by molar-refractivity contribution is 0.414. The molecule has 0 N–H and O–H groups in total. The summed E-state index contributed by atoms with van der Waals surface area (Å²) >= 11 is 6.62. The van der Waals surface area contributed by atoms with Crippen molar-refractivity contribution in [3.05, 3.63) is 61.4 Å². The van der Waals surface area contributed by atoms with Crippen molar-refractivity contribution in [3.63, 3.8) is 0 Å². The summed E-state index contributed by atoms with van der Waals surface area (Å²) in [6.45, 7) is 0.529. The number of ether oxygens (including phenoxy) is 1. The van der Waals surface area contributed by atoms with E-state index in [0.29, 0.717) is 11.0 Å². The van der Waals surface area contributed by atoms with Gasteiger partial charge in [0.05, 0.1) is 18.1 Å². The fourth-order valence-electron chi connectivity index (χ4n) is 1.61. The summed E-state index contributed by atoms with van der Waals surface area (Å²) in [7, 11) is 1.63. The summed E-state index contributed by atoms with van der Waals surface area (Å²) in [6, 6.07) is 9.40. The number of hydrogen-bond donors (Lipinski definition) is 0. The van der Waals surface area contributed by atoms with Crippen LogP contribution >= 0.6 is 31.9 Å². The molecular formula is C13H11Br2NO2. The van der Waals surface area contributed by atoms with E-state index in [9.17, 15) is 4.79 Å². The Kier molecular flexibility index (Phi) is 4.24. The van der Waals surface area contributed by atoms with E-state index in [2.05, 4.69) is 31.9 Å². The van der Waals surface area contributed by atoms with Crippen LogP contribution < -0.4 is 10.3 Å². The first-order valence-electron chi connectivity index (χ1n) is 5.28. The maximum atomic E-state index is 11.9. The van der Waals surface area contributed by atoms with E-state index >= 15 is 0 Å². The summed E-state index contributed by atoms with van der Waals surface area (Å²) < 4.78 is 8.16. The van der Waals surface area contributed by atoms with Crippen molar-refractivity contribution in [1.82, 2.24) is 4.57 Å². The van der Waals surface area contributed by atoms with Crippen molar-refractivity contribution < 1.29 is 4.74 Å². The SMILES string of the molecule is COc1ccc(Cn2cc(Br)cc(Br)c2=O)cc1. The largest absolute Gasteiger partial charge is 0.497 e. The quantitative estimate of drug-likeness (QED) is 0.826. The molecule has 1 aromatic carbocycles. The molecule has 0 aliphatic heterocycles. The highest BCUT2D eigenvalue weighted by molar-refractivity contribution is 9.11. The molecule has 1 heterocycles. The lowest BCUT2D eigenvalue weighted by Gasteiger charge is -2.08. The predicted octanol–water partition coefficient (Wildman–Crippen LogP) is 3.43. The number of rotatable bonds is 3. The molecule has 3 nitrogen and oxygen atoms in total. The number of hydrogen-bond acceptors (Lipinski definition) is 2. The van der Waals surface area contributed by atoms with Gasteiger partial charge in [-0.1, -0.05) is 12.1 Å². The molecule has 2 aromatic rings. The van der Waals surface area contributed by atoms with Gasteiger partial charge in [0.15, 0.2) is 0 Å². The van der Waals surface area contributed by atoms with Crippen LogP contribution in [0.5, 0.6) is 5.75 Å². The van der Waals surface area contributed by atoms with E-state index in [1.54, 1.807) is 23.9 Å². The molecule has 2 rings (SSSR count). The molecule has 5 heteroatoms. The van der Waals surface area contributed by atoms with Crippen LogP contribution in [0.2, 0.25) is 0 Å². The number of methoxy groups -OCH3 is 1. The number of nitrogens with zero attached hydrogens (tertiary/aromatic N) is 1. The second kappa shape index (κ2) is 5.71. The minimum atomic E-state index is -0.0472. The maximum Gasteiger partial charge on any atom is 0.265 e. The van der Waals surface area contributed by atoms with E-state index in [1.165, 1.54) is 0 Å². The van der Waals surface area contributed by atoms with Gasteiger partial charge in [0.2, 0.25) is 0 Å². The minimum absolute atomic E-state index is 0.0472. The Balaban J connectivity index is 2.31. The van der Waals surface area contributed by atoms with Crippen LogP contribution in [-0.2, 0) is 6.54 Å². The smallest absolute Gasteiger partial charge is 0.265 e. The van der Waals surface area contributed by atoms with Gasteiger partial charge in [-0.05, 0) is 55.6 Å². The number of pyridine rings is 1. The highest BCUT2D eigenvalue weighted by Crippen LogP contribution is 2.15. The fourth-order valence-corrected chi connectivity index (χ4v) is 2.87. The molecule has 0 saturated heterocycles. The molecule has 0 spiro atoms. The zero-order valence-electron chi connectivity index (χ0n) is 9.69. The van der Waals surface area contributed by atoms with Crippen LogP contribution in [0.25, 0.3) is 0 Å². The van der Waals surface area contributed by atoms with Gasteiger partial charge in [0.1, 0.15) is 5.75 Å². The predicted molar refractivity (Wildman–Crippen MR) is 78.2 cm³/mol. The molecule has 0 unspecified atom stereocenters. The van der Waals surface area contributed by atoms with Crippen molar-refractivity contribution in [2.45, 2.75) is 6.54 Å². The Morgan fingerprint density at radius 1 is 1.22 bits per heavy atom. The van der Waals surface area contributed by atoms with Crippen LogP contribution in [0.3, 0.4) is 0 Å². The summed E-state index contributed by atoms with van der Waals surface area (Å²) in [5.41, 5.74) is 0.997. The van der Waals surface area contributed by atoms with E-state index in [0.717, 1.165) is 15.8 Å². The normalized spacial score (nSPS) is 10.4. The molecule has 0 aliphatic rings. The van der Waals surface area contributed by atoms with Crippen LogP contribution in [0, 0.1) is 0 Å². The summed E-state index contributed by atoms with van der Waals surface area (Å²) in [6.07, 6.45) is 1.78. The van der Waals surface area contributed by atoms with Gasteiger partial charge < -0.3 is 9.30 Å². The van der Waals surface area contributed by atoms with Crippen molar-refractivity contribution in [3.8, 4) is 5.75 Å². The van der Waals surface area contributed by atoms with E-state index in [1.807, 2.05) is 24.3 Å². The van der Waals surface area contributed by atoms with Gasteiger partial charge in [-0.25, -0.2) is 0 Å². The second-order valence-corrected chi connectivity index (χ2v) is 5.56. The molecule has 0 bridgehead atoms. The third kappa shape index (κ3) is 3.03. The first kappa shape index (κ1) is 13.4. The molecule has 0 fully saturated rings. The van der Waals surface area contributed by atoms with Crippen molar-refractivity contribution in [2.75, 3.05) is 7.11 Å². The molecule has 0 saturated carbocycles. The standard InChI is InChI=1S/C13H11Br2NO2/c1-18-11-4-2-9(3-5-11)7-16-8-10(14)6-12(15)13(16)17/h2-6,8H,7H2,1H3. The van der Waals surface area contributed by atoms with E-state index < -0.39 is 0 Å². The lowest BCUT2D eigenvalue weighted by atomic mass is 10.2. The first-order valence-corrected chi connectivity index (χ1v) is 6.87. The van der Waals surface area contributed by atoms with E-state index in [4.69, 9.17) is 4.74 Å². The third-order valence-corrected chi connectivity index (χ3v) is 3.52. The topological polar surface area (TPSA) is 31.2 Å². The highest BCUT2D eigenvalue weighted by Gasteiger charge is 2.04.